The Bertz CT molecular complexity index is 1090. The van der Waals surface area contributed by atoms with Crippen molar-refractivity contribution in [3.05, 3.63) is 52.5 Å². The van der Waals surface area contributed by atoms with E-state index in [0.29, 0.717) is 37.5 Å². The van der Waals surface area contributed by atoms with E-state index in [-0.39, 0.29) is 5.11 Å². The standard InChI is InChI=1S/C20H23BrN4O4S2/c1-29-18-8-7-14(21)13-15(18)19(26)23-20(30)22-16-5-3-4-6-17(16)24-9-11-25(12-10-24)31(2,27)28/h3-8,13H,9-12H2,1-2H3,(H2,22,23,26,30). The molecule has 0 radical (unpaired) electrons. The summed E-state index contributed by atoms with van der Waals surface area (Å²) in [4.78, 5) is 14.8. The fourth-order valence-corrected chi connectivity index (χ4v) is 4.69. The van der Waals surface area contributed by atoms with Crippen LogP contribution in [0.3, 0.4) is 0 Å². The van der Waals surface area contributed by atoms with Gasteiger partial charge in [0, 0.05) is 30.7 Å². The van der Waals surface area contributed by atoms with Crippen molar-refractivity contribution in [2.24, 2.45) is 0 Å². The third kappa shape index (κ3) is 5.94. The maximum atomic E-state index is 12.7. The van der Waals surface area contributed by atoms with Crippen molar-refractivity contribution in [1.82, 2.24) is 9.62 Å². The van der Waals surface area contributed by atoms with Crippen LogP contribution in [0, 0.1) is 0 Å². The van der Waals surface area contributed by atoms with Crippen molar-refractivity contribution in [1.29, 1.82) is 0 Å². The largest absolute Gasteiger partial charge is 0.496 e. The number of sulfonamides is 1. The highest BCUT2D eigenvalue weighted by Crippen LogP contribution is 2.27. The summed E-state index contributed by atoms with van der Waals surface area (Å²) in [6, 6.07) is 12.7. The summed E-state index contributed by atoms with van der Waals surface area (Å²) in [7, 11) is -1.70. The molecule has 1 aliphatic rings. The maximum absolute atomic E-state index is 12.7. The monoisotopic (exact) mass is 526 g/mol. The number of carbonyl (C=O) groups excluding carboxylic acids is 1. The van der Waals surface area contributed by atoms with E-state index in [4.69, 9.17) is 17.0 Å². The highest BCUT2D eigenvalue weighted by atomic mass is 79.9. The van der Waals surface area contributed by atoms with Gasteiger partial charge in [-0.1, -0.05) is 28.1 Å². The van der Waals surface area contributed by atoms with Gasteiger partial charge in [-0.3, -0.25) is 10.1 Å². The minimum absolute atomic E-state index is 0.147. The van der Waals surface area contributed by atoms with Crippen molar-refractivity contribution in [2.45, 2.75) is 0 Å². The summed E-state index contributed by atoms with van der Waals surface area (Å²) in [5.74, 6) is 0.0440. The van der Waals surface area contributed by atoms with E-state index in [1.54, 1.807) is 18.2 Å². The van der Waals surface area contributed by atoms with Gasteiger partial charge in [0.05, 0.1) is 30.3 Å². The van der Waals surface area contributed by atoms with Crippen LogP contribution in [0.25, 0.3) is 0 Å². The first-order chi connectivity index (χ1) is 14.7. The van der Waals surface area contributed by atoms with E-state index in [0.717, 1.165) is 15.8 Å². The first-order valence-corrected chi connectivity index (χ1v) is 12.5. The molecule has 1 saturated heterocycles. The topological polar surface area (TPSA) is 91.0 Å². The molecule has 0 saturated carbocycles. The molecule has 31 heavy (non-hydrogen) atoms. The highest BCUT2D eigenvalue weighted by Gasteiger charge is 2.24. The lowest BCUT2D eigenvalue weighted by Gasteiger charge is -2.35. The minimum atomic E-state index is -3.20. The van der Waals surface area contributed by atoms with Gasteiger partial charge < -0.3 is 15.0 Å². The Hall–Kier alpha value is -2.21. The van der Waals surface area contributed by atoms with E-state index in [2.05, 4.69) is 31.5 Å². The predicted octanol–water partition coefficient (Wildman–Crippen LogP) is 2.67. The molecule has 2 N–H and O–H groups in total. The second-order valence-corrected chi connectivity index (χ2v) is 10.2. The van der Waals surface area contributed by atoms with Crippen LogP contribution < -0.4 is 20.3 Å². The molecule has 0 unspecified atom stereocenters. The van der Waals surface area contributed by atoms with E-state index >= 15 is 0 Å². The van der Waals surface area contributed by atoms with Crippen molar-refractivity contribution in [2.75, 3.05) is 49.8 Å². The van der Waals surface area contributed by atoms with Crippen LogP contribution in [0.15, 0.2) is 46.9 Å². The average Bonchev–Trinajstić information content (AvgIpc) is 2.73. The van der Waals surface area contributed by atoms with Gasteiger partial charge in [-0.25, -0.2) is 8.42 Å². The van der Waals surface area contributed by atoms with Gasteiger partial charge in [0.1, 0.15) is 5.75 Å². The Labute approximate surface area is 195 Å². The number of nitrogens with zero attached hydrogens (tertiary/aromatic N) is 2. The summed E-state index contributed by atoms with van der Waals surface area (Å²) in [6.45, 7) is 1.94. The zero-order chi connectivity index (χ0) is 22.6. The summed E-state index contributed by atoms with van der Waals surface area (Å²) in [6.07, 6.45) is 1.22. The van der Waals surface area contributed by atoms with E-state index < -0.39 is 15.9 Å². The SMILES string of the molecule is COc1ccc(Br)cc1C(=O)NC(=S)Nc1ccccc1N1CCN(S(C)(=O)=O)CC1. The molecule has 1 fully saturated rings. The molecule has 0 atom stereocenters. The summed E-state index contributed by atoms with van der Waals surface area (Å²) in [5.41, 5.74) is 1.96. The fraction of sp³-hybridized carbons (Fsp3) is 0.300. The van der Waals surface area contributed by atoms with Gasteiger partial charge in [-0.2, -0.15) is 4.31 Å². The molecular weight excluding hydrogens is 504 g/mol. The number of benzene rings is 2. The second kappa shape index (κ2) is 9.94. The number of thiocarbonyl (C=S) groups is 1. The molecule has 1 amide bonds. The van der Waals surface area contributed by atoms with Crippen LogP contribution in [0.1, 0.15) is 10.4 Å². The number of nitrogens with one attached hydrogen (secondary N) is 2. The molecule has 0 spiro atoms. The molecule has 1 heterocycles. The van der Waals surface area contributed by atoms with Crippen molar-refractivity contribution >= 4 is 60.6 Å². The molecule has 1 aliphatic heterocycles. The molecule has 2 aromatic rings. The normalized spacial score (nSPS) is 14.7. The number of piperazine rings is 1. The molecule has 0 aliphatic carbocycles. The fourth-order valence-electron chi connectivity index (χ4n) is 3.30. The van der Waals surface area contributed by atoms with Crippen molar-refractivity contribution in [3.63, 3.8) is 0 Å². The molecule has 11 heteroatoms. The molecule has 0 bridgehead atoms. The number of anilines is 2. The number of halogens is 1. The van der Waals surface area contributed by atoms with E-state index in [9.17, 15) is 13.2 Å². The van der Waals surface area contributed by atoms with Crippen LogP contribution in [-0.4, -0.2) is 63.3 Å². The number of hydrogen-bond acceptors (Lipinski definition) is 6. The smallest absolute Gasteiger partial charge is 0.261 e. The van der Waals surface area contributed by atoms with Gasteiger partial charge in [-0.15, -0.1) is 0 Å². The quantitative estimate of drug-likeness (QED) is 0.578. The van der Waals surface area contributed by atoms with Crippen molar-refractivity contribution in [3.8, 4) is 5.75 Å². The number of methoxy groups -OCH3 is 1. The van der Waals surface area contributed by atoms with Gasteiger partial charge in [0.15, 0.2) is 5.11 Å². The Morgan fingerprint density at radius 1 is 1.13 bits per heavy atom. The molecule has 2 aromatic carbocycles. The number of para-hydroxylation sites is 2. The van der Waals surface area contributed by atoms with Gasteiger partial charge in [0.25, 0.3) is 5.91 Å². The summed E-state index contributed by atoms with van der Waals surface area (Å²) >= 11 is 8.70. The zero-order valence-corrected chi connectivity index (χ0v) is 20.3. The first-order valence-electron chi connectivity index (χ1n) is 9.44. The lowest BCUT2D eigenvalue weighted by Crippen LogP contribution is -2.48. The van der Waals surface area contributed by atoms with Crippen molar-refractivity contribution < 1.29 is 17.9 Å². The molecule has 8 nitrogen and oxygen atoms in total. The third-order valence-corrected chi connectivity index (χ3v) is 6.83. The molecule has 166 valence electrons. The number of hydrogen-bond donors (Lipinski definition) is 2. The van der Waals surface area contributed by atoms with Gasteiger partial charge >= 0.3 is 0 Å². The van der Waals surface area contributed by atoms with Gasteiger partial charge in [0.2, 0.25) is 10.0 Å². The number of carbonyl (C=O) groups is 1. The van der Waals surface area contributed by atoms with E-state index in [1.165, 1.54) is 17.7 Å². The third-order valence-electron chi connectivity index (χ3n) is 4.83. The summed E-state index contributed by atoms with van der Waals surface area (Å²) < 4.78 is 31.0. The summed E-state index contributed by atoms with van der Waals surface area (Å²) in [5, 5.41) is 5.90. The minimum Gasteiger partial charge on any atom is -0.496 e. The van der Waals surface area contributed by atoms with E-state index in [1.807, 2.05) is 24.3 Å². The number of ether oxygens (including phenoxy) is 1. The average molecular weight is 527 g/mol. The Kier molecular flexibility index (Phi) is 7.52. The van der Waals surface area contributed by atoms with Crippen LogP contribution in [0.2, 0.25) is 0 Å². The zero-order valence-electron chi connectivity index (χ0n) is 17.1. The predicted molar refractivity (Wildman–Crippen MR) is 129 cm³/mol. The molecule has 3 rings (SSSR count). The van der Waals surface area contributed by atoms with Crippen LogP contribution in [0.5, 0.6) is 5.75 Å². The van der Waals surface area contributed by atoms with Crippen LogP contribution >= 0.6 is 28.1 Å². The van der Waals surface area contributed by atoms with Gasteiger partial charge in [-0.05, 0) is 42.5 Å². The Balaban J connectivity index is 1.69. The maximum Gasteiger partial charge on any atom is 0.261 e. The van der Waals surface area contributed by atoms with Crippen LogP contribution in [0.4, 0.5) is 11.4 Å². The highest BCUT2D eigenvalue weighted by molar-refractivity contribution is 9.10. The molecular formula is C20H23BrN4O4S2. The Morgan fingerprint density at radius 3 is 2.45 bits per heavy atom. The molecule has 0 aromatic heterocycles. The second-order valence-electron chi connectivity index (χ2n) is 6.92. The lowest BCUT2D eigenvalue weighted by atomic mass is 10.2. The Morgan fingerprint density at radius 2 is 1.81 bits per heavy atom. The first kappa shape index (κ1) is 23.5. The number of amides is 1. The number of rotatable bonds is 5. The van der Waals surface area contributed by atoms with Crippen LogP contribution in [-0.2, 0) is 10.0 Å². The lowest BCUT2D eigenvalue weighted by molar-refractivity contribution is 0.0974.